The summed E-state index contributed by atoms with van der Waals surface area (Å²) in [6.07, 6.45) is 2.85. The van der Waals surface area contributed by atoms with Crippen LogP contribution in [0.25, 0.3) is 0 Å². The van der Waals surface area contributed by atoms with Gasteiger partial charge in [-0.15, -0.1) is 0 Å². The van der Waals surface area contributed by atoms with Crippen LogP contribution in [0.2, 0.25) is 19.6 Å². The van der Waals surface area contributed by atoms with Gasteiger partial charge in [0.1, 0.15) is 8.07 Å². The Morgan fingerprint density at radius 3 is 2.40 bits per heavy atom. The molecule has 10 heavy (non-hydrogen) atoms. The van der Waals surface area contributed by atoms with Crippen molar-refractivity contribution in [2.24, 2.45) is 0 Å². The maximum atomic E-state index is 4.19. The molecule has 0 amide bonds. The Morgan fingerprint density at radius 2 is 2.10 bits per heavy atom. The summed E-state index contributed by atoms with van der Waals surface area (Å²) >= 11 is 0. The van der Waals surface area contributed by atoms with E-state index in [-0.39, 0.29) is 0 Å². The van der Waals surface area contributed by atoms with Gasteiger partial charge in [0.25, 0.3) is 0 Å². The van der Waals surface area contributed by atoms with Crippen LogP contribution in [-0.4, -0.2) is 13.1 Å². The van der Waals surface area contributed by atoms with Gasteiger partial charge in [0, 0.05) is 5.32 Å². The fourth-order valence-electron chi connectivity index (χ4n) is 0.744. The van der Waals surface area contributed by atoms with Crippen LogP contribution in [0.3, 0.4) is 0 Å². The molecule has 1 nitrogen and oxygen atoms in total. The maximum absolute atomic E-state index is 4.19. The van der Waals surface area contributed by atoms with E-state index in [0.29, 0.717) is 0 Å². The van der Waals surface area contributed by atoms with Gasteiger partial charge < -0.3 is 0 Å². The number of hydrogen-bond donors (Lipinski definition) is 0. The number of nitrogens with zero attached hydrogens (tertiary/aromatic N) is 1. The first kappa shape index (κ1) is 7.47. The Balaban J connectivity index is 2.97. The first-order valence-electron chi connectivity index (χ1n) is 3.44. The summed E-state index contributed by atoms with van der Waals surface area (Å²) in [4.78, 5) is 4.19. The smallest absolute Gasteiger partial charge is 0.101 e. The van der Waals surface area contributed by atoms with Crippen molar-refractivity contribution in [1.82, 2.24) is 4.98 Å². The molecule has 53 valence electrons. The zero-order valence-corrected chi connectivity index (χ0v) is 7.68. The molecule has 0 fully saturated rings. The molecule has 1 rings (SSSR count). The Labute approximate surface area is 63.1 Å². The molecule has 0 aliphatic carbocycles. The van der Waals surface area contributed by atoms with Gasteiger partial charge in [-0.05, 0) is 12.1 Å². The van der Waals surface area contributed by atoms with Crippen molar-refractivity contribution in [1.29, 1.82) is 0 Å². The molecule has 0 aromatic carbocycles. The maximum Gasteiger partial charge on any atom is 0.101 e. The number of rotatable bonds is 1. The van der Waals surface area contributed by atoms with Crippen molar-refractivity contribution in [3.8, 4) is 0 Å². The number of hydrogen-bond acceptors (Lipinski definition) is 1. The van der Waals surface area contributed by atoms with Gasteiger partial charge in [-0.1, -0.05) is 25.7 Å². The summed E-state index contributed by atoms with van der Waals surface area (Å²) in [7, 11) is -1.18. The van der Waals surface area contributed by atoms with Gasteiger partial charge in [-0.3, -0.25) is 4.98 Å². The molecule has 0 aliphatic rings. The second-order valence-corrected chi connectivity index (χ2v) is 8.41. The van der Waals surface area contributed by atoms with Crippen molar-refractivity contribution in [2.45, 2.75) is 19.6 Å². The fraction of sp³-hybridized carbons (Fsp3) is 0.375. The highest BCUT2D eigenvalue weighted by atomic mass is 28.3. The van der Waals surface area contributed by atoms with Crippen LogP contribution in [0.1, 0.15) is 0 Å². The van der Waals surface area contributed by atoms with Crippen LogP contribution in [0.5, 0.6) is 0 Å². The summed E-state index contributed by atoms with van der Waals surface area (Å²) in [6, 6.07) is 5.92. The van der Waals surface area contributed by atoms with E-state index in [0.717, 1.165) is 0 Å². The lowest BCUT2D eigenvalue weighted by Gasteiger charge is -2.13. The van der Waals surface area contributed by atoms with E-state index in [4.69, 9.17) is 0 Å². The minimum atomic E-state index is -1.18. The van der Waals surface area contributed by atoms with Crippen LogP contribution < -0.4 is 5.32 Å². The van der Waals surface area contributed by atoms with Crippen LogP contribution in [-0.2, 0) is 0 Å². The second kappa shape index (κ2) is 2.54. The zero-order chi connectivity index (χ0) is 7.61. The highest BCUT2D eigenvalue weighted by molar-refractivity contribution is 6.88. The molecular weight excluding hydrogens is 138 g/mol. The summed E-state index contributed by atoms with van der Waals surface area (Å²) < 4.78 is 0. The minimum absolute atomic E-state index is 1.18. The normalized spacial score (nSPS) is 11.5. The number of pyridine rings is 1. The molecule has 0 saturated carbocycles. The third-order valence-electron chi connectivity index (χ3n) is 1.38. The summed E-state index contributed by atoms with van der Waals surface area (Å²) in [5, 5.41) is 1.23. The van der Waals surface area contributed by atoms with E-state index in [1.54, 1.807) is 0 Å². The van der Waals surface area contributed by atoms with Gasteiger partial charge in [0.05, 0.1) is 6.20 Å². The monoisotopic (exact) mass is 150 g/mol. The molecule has 0 N–H and O–H groups in total. The van der Waals surface area contributed by atoms with Gasteiger partial charge >= 0.3 is 0 Å². The van der Waals surface area contributed by atoms with Crippen molar-refractivity contribution in [2.75, 3.05) is 0 Å². The third-order valence-corrected chi connectivity index (χ3v) is 3.19. The summed E-state index contributed by atoms with van der Waals surface area (Å²) in [5.74, 6) is 0. The quantitative estimate of drug-likeness (QED) is 0.552. The SMILES string of the molecule is C[Si](C)(C)c1ccc[c]n1. The molecule has 1 aromatic rings. The largest absolute Gasteiger partial charge is 0.256 e. The van der Waals surface area contributed by atoms with E-state index in [1.165, 1.54) is 5.32 Å². The average molecular weight is 150 g/mol. The van der Waals surface area contributed by atoms with Crippen molar-refractivity contribution in [3.05, 3.63) is 24.4 Å². The fourth-order valence-corrected chi connectivity index (χ4v) is 1.74. The lowest BCUT2D eigenvalue weighted by molar-refractivity contribution is 1.35. The molecule has 1 aromatic heterocycles. The third kappa shape index (κ3) is 1.67. The summed E-state index contributed by atoms with van der Waals surface area (Å²) in [6.45, 7) is 6.84. The first-order valence-corrected chi connectivity index (χ1v) is 6.94. The topological polar surface area (TPSA) is 12.9 Å². The van der Waals surface area contributed by atoms with Crippen molar-refractivity contribution < 1.29 is 0 Å². The molecule has 1 radical (unpaired) electrons. The van der Waals surface area contributed by atoms with Crippen LogP contribution in [0, 0.1) is 6.20 Å². The van der Waals surface area contributed by atoms with E-state index in [9.17, 15) is 0 Å². The van der Waals surface area contributed by atoms with Crippen molar-refractivity contribution >= 4 is 13.4 Å². The van der Waals surface area contributed by atoms with Crippen LogP contribution in [0.4, 0.5) is 0 Å². The standard InChI is InChI=1S/C8H12NSi/c1-10(2,3)8-6-4-5-7-9-8/h4-6H,1-3H3. The Morgan fingerprint density at radius 1 is 1.40 bits per heavy atom. The van der Waals surface area contributed by atoms with Gasteiger partial charge in [0.15, 0.2) is 0 Å². The molecule has 2 heteroatoms. The molecule has 1 heterocycles. The van der Waals surface area contributed by atoms with E-state index in [2.05, 4.69) is 36.9 Å². The highest BCUT2D eigenvalue weighted by Crippen LogP contribution is 1.97. The predicted octanol–water partition coefficient (Wildman–Crippen LogP) is 1.43. The minimum Gasteiger partial charge on any atom is -0.256 e. The van der Waals surface area contributed by atoms with E-state index >= 15 is 0 Å². The van der Waals surface area contributed by atoms with Gasteiger partial charge in [-0.2, -0.15) is 0 Å². The molecule has 0 atom stereocenters. The first-order chi connectivity index (χ1) is 4.61. The molecular formula is C8H12NSi. The Hall–Kier alpha value is -0.633. The second-order valence-electron chi connectivity index (χ2n) is 3.40. The van der Waals surface area contributed by atoms with Crippen LogP contribution in [0.15, 0.2) is 18.2 Å². The molecule has 0 saturated heterocycles. The lowest BCUT2D eigenvalue weighted by Crippen LogP contribution is -2.39. The summed E-state index contributed by atoms with van der Waals surface area (Å²) in [5.41, 5.74) is 0. The lowest BCUT2D eigenvalue weighted by atomic mass is 10.5. The van der Waals surface area contributed by atoms with Crippen LogP contribution >= 0.6 is 0 Å². The zero-order valence-electron chi connectivity index (χ0n) is 6.68. The predicted molar refractivity (Wildman–Crippen MR) is 46.1 cm³/mol. The Kier molecular flexibility index (Phi) is 1.90. The van der Waals surface area contributed by atoms with E-state index < -0.39 is 8.07 Å². The van der Waals surface area contributed by atoms with Gasteiger partial charge in [-0.25, -0.2) is 0 Å². The molecule has 0 bridgehead atoms. The molecule has 0 unspecified atom stereocenters. The number of aromatic nitrogens is 1. The van der Waals surface area contributed by atoms with Crippen molar-refractivity contribution in [3.63, 3.8) is 0 Å². The molecule has 0 spiro atoms. The van der Waals surface area contributed by atoms with Gasteiger partial charge in [0.2, 0.25) is 0 Å². The highest BCUT2D eigenvalue weighted by Gasteiger charge is 2.16. The van der Waals surface area contributed by atoms with E-state index in [1.807, 2.05) is 12.1 Å². The average Bonchev–Trinajstić information content (AvgIpc) is 1.88. The molecule has 0 aliphatic heterocycles. The Bertz CT molecular complexity index is 200.